The van der Waals surface area contributed by atoms with Crippen molar-refractivity contribution in [2.24, 2.45) is 0 Å². The zero-order valence-electron chi connectivity index (χ0n) is 12.0. The number of thiazole rings is 1. The first-order valence-electron chi connectivity index (χ1n) is 6.76. The molecule has 0 atom stereocenters. The van der Waals surface area contributed by atoms with E-state index in [1.54, 1.807) is 18.4 Å². The van der Waals surface area contributed by atoms with Crippen LogP contribution in [0.3, 0.4) is 0 Å². The molecular weight excluding hydrogens is 286 g/mol. The summed E-state index contributed by atoms with van der Waals surface area (Å²) in [5.41, 5.74) is 1.98. The van der Waals surface area contributed by atoms with E-state index in [-0.39, 0.29) is 5.91 Å². The molecule has 21 heavy (non-hydrogen) atoms. The fourth-order valence-corrected chi connectivity index (χ4v) is 2.56. The van der Waals surface area contributed by atoms with Gasteiger partial charge in [-0.05, 0) is 0 Å². The highest BCUT2D eigenvalue weighted by atomic mass is 32.1. The van der Waals surface area contributed by atoms with Crippen LogP contribution >= 0.6 is 11.3 Å². The fraction of sp³-hybridized carbons (Fsp3) is 0.333. The zero-order valence-corrected chi connectivity index (χ0v) is 12.8. The molecule has 2 aromatic rings. The minimum Gasteiger partial charge on any atom is -0.383 e. The van der Waals surface area contributed by atoms with E-state index < -0.39 is 0 Å². The van der Waals surface area contributed by atoms with Crippen LogP contribution in [0.2, 0.25) is 0 Å². The van der Waals surface area contributed by atoms with E-state index in [4.69, 9.17) is 4.74 Å². The van der Waals surface area contributed by atoms with Crippen molar-refractivity contribution in [2.45, 2.75) is 6.54 Å². The van der Waals surface area contributed by atoms with Gasteiger partial charge in [-0.1, -0.05) is 30.3 Å². The molecule has 112 valence electrons. The van der Waals surface area contributed by atoms with E-state index in [9.17, 15) is 4.79 Å². The van der Waals surface area contributed by atoms with E-state index in [0.29, 0.717) is 26.2 Å². The first-order valence-corrected chi connectivity index (χ1v) is 7.63. The van der Waals surface area contributed by atoms with Crippen LogP contribution in [0.4, 0.5) is 0 Å². The van der Waals surface area contributed by atoms with Crippen LogP contribution in [0.15, 0.2) is 35.7 Å². The van der Waals surface area contributed by atoms with Crippen molar-refractivity contribution in [3.8, 4) is 10.6 Å². The van der Waals surface area contributed by atoms with E-state index >= 15 is 0 Å². The van der Waals surface area contributed by atoms with Crippen molar-refractivity contribution >= 4 is 17.2 Å². The first kappa shape index (κ1) is 15.6. The molecule has 0 aliphatic rings. The van der Waals surface area contributed by atoms with Crippen molar-refractivity contribution < 1.29 is 9.53 Å². The van der Waals surface area contributed by atoms with E-state index in [0.717, 1.165) is 16.3 Å². The largest absolute Gasteiger partial charge is 0.383 e. The topological polar surface area (TPSA) is 63.2 Å². The molecule has 0 saturated carbocycles. The van der Waals surface area contributed by atoms with Crippen LogP contribution in [-0.4, -0.2) is 37.7 Å². The first-order chi connectivity index (χ1) is 10.3. The number of rotatable bonds is 8. The molecule has 0 spiro atoms. The number of hydrogen-bond donors (Lipinski definition) is 2. The average molecular weight is 305 g/mol. The number of methoxy groups -OCH3 is 1. The Morgan fingerprint density at radius 2 is 2.14 bits per heavy atom. The number of carbonyl (C=O) groups excluding carboxylic acids is 1. The Balaban J connectivity index is 1.77. The summed E-state index contributed by atoms with van der Waals surface area (Å²) in [6.45, 7) is 2.01. The van der Waals surface area contributed by atoms with Crippen molar-refractivity contribution in [1.29, 1.82) is 0 Å². The second-order valence-electron chi connectivity index (χ2n) is 4.46. The summed E-state index contributed by atoms with van der Waals surface area (Å²) < 4.78 is 4.89. The number of hydrogen-bond acceptors (Lipinski definition) is 5. The van der Waals surface area contributed by atoms with Gasteiger partial charge in [0.25, 0.3) is 0 Å². The number of nitrogens with one attached hydrogen (secondary N) is 2. The van der Waals surface area contributed by atoms with Gasteiger partial charge in [0.1, 0.15) is 5.01 Å². The van der Waals surface area contributed by atoms with E-state index in [1.165, 1.54) is 0 Å². The number of amides is 1. The van der Waals surface area contributed by atoms with Crippen molar-refractivity contribution in [2.75, 3.05) is 26.8 Å². The third-order valence-corrected chi connectivity index (χ3v) is 3.75. The molecule has 1 aromatic carbocycles. The molecule has 1 amide bonds. The van der Waals surface area contributed by atoms with Crippen LogP contribution in [0.5, 0.6) is 0 Å². The summed E-state index contributed by atoms with van der Waals surface area (Å²) in [7, 11) is 1.63. The SMILES string of the molecule is COCCNCC(=O)NCc1csc(-c2ccccc2)n1. The van der Waals surface area contributed by atoms with Crippen LogP contribution in [0.1, 0.15) is 5.69 Å². The lowest BCUT2D eigenvalue weighted by molar-refractivity contribution is -0.120. The summed E-state index contributed by atoms with van der Waals surface area (Å²) >= 11 is 1.58. The number of nitrogens with zero attached hydrogens (tertiary/aromatic N) is 1. The van der Waals surface area contributed by atoms with Crippen molar-refractivity contribution in [3.05, 3.63) is 41.4 Å². The van der Waals surface area contributed by atoms with Gasteiger partial charge < -0.3 is 15.4 Å². The Labute approximate surface area is 128 Å². The molecule has 0 bridgehead atoms. The summed E-state index contributed by atoms with van der Waals surface area (Å²) in [5.74, 6) is -0.0413. The quantitative estimate of drug-likeness (QED) is 0.728. The lowest BCUT2D eigenvalue weighted by Crippen LogP contribution is -2.34. The number of benzene rings is 1. The third-order valence-electron chi connectivity index (χ3n) is 2.81. The molecule has 0 aliphatic carbocycles. The molecule has 5 nitrogen and oxygen atoms in total. The standard InChI is InChI=1S/C15H19N3O2S/c1-20-8-7-16-10-14(19)17-9-13-11-21-15(18-13)12-5-3-2-4-6-12/h2-6,11,16H,7-10H2,1H3,(H,17,19). The highest BCUT2D eigenvalue weighted by Gasteiger charge is 2.06. The van der Waals surface area contributed by atoms with Crippen LogP contribution < -0.4 is 10.6 Å². The van der Waals surface area contributed by atoms with Gasteiger partial charge in [-0.2, -0.15) is 0 Å². The molecule has 1 aromatic heterocycles. The molecule has 2 N–H and O–H groups in total. The second-order valence-corrected chi connectivity index (χ2v) is 5.31. The van der Waals surface area contributed by atoms with Crippen molar-refractivity contribution in [1.82, 2.24) is 15.6 Å². The lowest BCUT2D eigenvalue weighted by Gasteiger charge is -2.04. The number of ether oxygens (including phenoxy) is 1. The Hall–Kier alpha value is -1.76. The maximum Gasteiger partial charge on any atom is 0.234 e. The molecule has 2 rings (SSSR count). The molecule has 0 radical (unpaired) electrons. The monoisotopic (exact) mass is 305 g/mol. The summed E-state index contributed by atoms with van der Waals surface area (Å²) in [4.78, 5) is 16.1. The minimum absolute atomic E-state index is 0.0413. The molecule has 0 unspecified atom stereocenters. The summed E-state index contributed by atoms with van der Waals surface area (Å²) in [5, 5.41) is 8.78. The third kappa shape index (κ3) is 5.26. The predicted molar refractivity (Wildman–Crippen MR) is 84.1 cm³/mol. The highest BCUT2D eigenvalue weighted by molar-refractivity contribution is 7.13. The average Bonchev–Trinajstić information content (AvgIpc) is 2.99. The van der Waals surface area contributed by atoms with Gasteiger partial charge in [0.05, 0.1) is 25.4 Å². The maximum absolute atomic E-state index is 11.6. The zero-order chi connectivity index (χ0) is 14.9. The minimum atomic E-state index is -0.0413. The van der Waals surface area contributed by atoms with Gasteiger partial charge in [-0.15, -0.1) is 11.3 Å². The molecule has 0 fully saturated rings. The van der Waals surface area contributed by atoms with Crippen LogP contribution in [-0.2, 0) is 16.1 Å². The van der Waals surface area contributed by atoms with Gasteiger partial charge in [0.2, 0.25) is 5.91 Å². The Bertz CT molecular complexity index is 557. The van der Waals surface area contributed by atoms with E-state index in [1.807, 2.05) is 35.7 Å². The second kappa shape index (κ2) is 8.51. The predicted octanol–water partition coefficient (Wildman–Crippen LogP) is 1.66. The summed E-state index contributed by atoms with van der Waals surface area (Å²) in [6, 6.07) is 10.0. The maximum atomic E-state index is 11.6. The lowest BCUT2D eigenvalue weighted by atomic mass is 10.2. The summed E-state index contributed by atoms with van der Waals surface area (Å²) in [6.07, 6.45) is 0. The molecule has 1 heterocycles. The van der Waals surface area contributed by atoms with Gasteiger partial charge in [0.15, 0.2) is 0 Å². The van der Waals surface area contributed by atoms with Gasteiger partial charge >= 0.3 is 0 Å². The smallest absolute Gasteiger partial charge is 0.234 e. The fourth-order valence-electron chi connectivity index (χ4n) is 1.73. The van der Waals surface area contributed by atoms with E-state index in [2.05, 4.69) is 15.6 Å². The molecule has 0 aliphatic heterocycles. The molecular formula is C15H19N3O2S. The number of aromatic nitrogens is 1. The van der Waals surface area contributed by atoms with Crippen LogP contribution in [0.25, 0.3) is 10.6 Å². The molecule has 6 heteroatoms. The Morgan fingerprint density at radius 1 is 1.33 bits per heavy atom. The highest BCUT2D eigenvalue weighted by Crippen LogP contribution is 2.22. The van der Waals surface area contributed by atoms with Crippen molar-refractivity contribution in [3.63, 3.8) is 0 Å². The van der Waals surface area contributed by atoms with Gasteiger partial charge in [-0.25, -0.2) is 4.98 Å². The van der Waals surface area contributed by atoms with Gasteiger partial charge in [0, 0.05) is 24.6 Å². The van der Waals surface area contributed by atoms with Crippen LogP contribution in [0, 0.1) is 0 Å². The Morgan fingerprint density at radius 3 is 2.90 bits per heavy atom. The molecule has 0 saturated heterocycles. The normalized spacial score (nSPS) is 10.5. The van der Waals surface area contributed by atoms with Gasteiger partial charge in [-0.3, -0.25) is 4.79 Å². The Kier molecular flexibility index (Phi) is 6.33. The number of carbonyl (C=O) groups is 1.